The highest BCUT2D eigenvalue weighted by Crippen LogP contribution is 2.27. The number of carbonyl (C=O) groups excluding carboxylic acids is 1. The summed E-state index contributed by atoms with van der Waals surface area (Å²) in [6.07, 6.45) is -1.55. The number of ether oxygens (including phenoxy) is 1. The number of hydrogen-bond donors (Lipinski definition) is 0. The van der Waals surface area contributed by atoms with Crippen molar-refractivity contribution in [1.82, 2.24) is 24.8 Å². The van der Waals surface area contributed by atoms with Crippen molar-refractivity contribution in [1.29, 1.82) is 0 Å². The summed E-state index contributed by atoms with van der Waals surface area (Å²) in [6.45, 7) is 5.75. The quantitative estimate of drug-likeness (QED) is 0.543. The summed E-state index contributed by atoms with van der Waals surface area (Å²) in [5.41, 5.74) is 0.575. The molecule has 2 aromatic heterocycles. The van der Waals surface area contributed by atoms with Gasteiger partial charge in [0.1, 0.15) is 12.4 Å². The van der Waals surface area contributed by atoms with Gasteiger partial charge in [-0.05, 0) is 20.8 Å². The highest BCUT2D eigenvalue weighted by atomic mass is 19.4. The molecule has 0 aliphatic carbocycles. The molecule has 32 heavy (non-hydrogen) atoms. The second-order valence-electron chi connectivity index (χ2n) is 7.03. The fourth-order valence-corrected chi connectivity index (χ4v) is 3.09. The van der Waals surface area contributed by atoms with Gasteiger partial charge in [0, 0.05) is 18.3 Å². The molecule has 3 rings (SSSR count). The maximum Gasteiger partial charge on any atom is 0.434 e. The number of hydrogen-bond acceptors (Lipinski definition) is 6. The molecule has 0 N–H and O–H groups in total. The first-order chi connectivity index (χ1) is 15.2. The number of likely N-dealkylation sites (N-methyl/N-ethyl adjacent to an activating group) is 1. The second-order valence-corrected chi connectivity index (χ2v) is 7.03. The van der Waals surface area contributed by atoms with Crippen LogP contribution in [-0.2, 0) is 6.18 Å². The molecular weight excluding hydrogens is 423 g/mol. The highest BCUT2D eigenvalue weighted by molar-refractivity contribution is 5.99. The van der Waals surface area contributed by atoms with E-state index in [2.05, 4.69) is 19.9 Å². The Labute approximate surface area is 183 Å². The molecule has 0 saturated heterocycles. The van der Waals surface area contributed by atoms with E-state index in [4.69, 9.17) is 4.74 Å². The number of carbonyl (C=O) groups is 1. The maximum atomic E-state index is 13.3. The van der Waals surface area contributed by atoms with Gasteiger partial charge in [0.2, 0.25) is 5.88 Å². The summed E-state index contributed by atoms with van der Waals surface area (Å²) in [5.74, 6) is 0.207. The predicted octanol–water partition coefficient (Wildman–Crippen LogP) is 4.19. The number of amides is 1. The van der Waals surface area contributed by atoms with Crippen molar-refractivity contribution >= 4 is 5.91 Å². The Hall–Kier alpha value is -3.56. The van der Waals surface area contributed by atoms with E-state index in [0.29, 0.717) is 29.8 Å². The molecule has 10 heteroatoms. The van der Waals surface area contributed by atoms with Gasteiger partial charge >= 0.3 is 6.18 Å². The van der Waals surface area contributed by atoms with E-state index < -0.39 is 17.9 Å². The van der Waals surface area contributed by atoms with Crippen molar-refractivity contribution in [3.05, 3.63) is 66.0 Å². The third-order valence-electron chi connectivity index (χ3n) is 4.71. The Morgan fingerprint density at radius 2 is 1.81 bits per heavy atom. The number of alkyl halides is 3. The molecule has 3 aromatic rings. The average molecular weight is 445 g/mol. The third kappa shape index (κ3) is 5.37. The summed E-state index contributed by atoms with van der Waals surface area (Å²) in [6, 6.07) is 8.93. The molecule has 0 aliphatic rings. The molecule has 0 spiro atoms. The van der Waals surface area contributed by atoms with Gasteiger partial charge < -0.3 is 9.64 Å². The Bertz CT molecular complexity index is 1060. The van der Waals surface area contributed by atoms with Crippen LogP contribution in [-0.4, -0.2) is 49.9 Å². The highest BCUT2D eigenvalue weighted by Gasteiger charge is 2.33. The topological polar surface area (TPSA) is 81.1 Å². The van der Waals surface area contributed by atoms with Crippen LogP contribution in [0, 0.1) is 6.92 Å². The largest absolute Gasteiger partial charge is 0.474 e. The van der Waals surface area contributed by atoms with Crippen LogP contribution in [0.3, 0.4) is 0 Å². The van der Waals surface area contributed by atoms with E-state index in [1.807, 2.05) is 37.3 Å². The minimum atomic E-state index is -4.57. The van der Waals surface area contributed by atoms with Crippen LogP contribution in [0.2, 0.25) is 0 Å². The number of aryl methyl sites for hydroxylation is 1. The van der Waals surface area contributed by atoms with Crippen LogP contribution in [0.4, 0.5) is 13.2 Å². The lowest BCUT2D eigenvalue weighted by Gasteiger charge is -2.28. The van der Waals surface area contributed by atoms with Gasteiger partial charge in [-0.25, -0.2) is 19.9 Å². The molecule has 2 heterocycles. The van der Waals surface area contributed by atoms with E-state index >= 15 is 0 Å². The van der Waals surface area contributed by atoms with Crippen molar-refractivity contribution in [3.8, 4) is 17.1 Å². The Balaban J connectivity index is 1.76. The summed E-state index contributed by atoms with van der Waals surface area (Å²) in [7, 11) is 0. The van der Waals surface area contributed by atoms with Gasteiger partial charge in [0.25, 0.3) is 5.91 Å². The van der Waals surface area contributed by atoms with Crippen molar-refractivity contribution < 1.29 is 22.7 Å². The maximum absolute atomic E-state index is 13.3. The van der Waals surface area contributed by atoms with Crippen molar-refractivity contribution in [2.45, 2.75) is 33.0 Å². The molecule has 0 aliphatic heterocycles. The minimum absolute atomic E-state index is 0.0208. The summed E-state index contributed by atoms with van der Waals surface area (Å²) in [5, 5.41) is 0. The number of nitrogens with zero attached hydrogens (tertiary/aromatic N) is 5. The van der Waals surface area contributed by atoms with Crippen LogP contribution in [0.25, 0.3) is 11.3 Å². The molecule has 0 saturated carbocycles. The van der Waals surface area contributed by atoms with Gasteiger partial charge in [-0.15, -0.1) is 0 Å². The second kappa shape index (κ2) is 9.71. The Kier molecular flexibility index (Phi) is 7.01. The molecule has 0 radical (unpaired) electrons. The molecule has 1 aromatic carbocycles. The smallest absolute Gasteiger partial charge is 0.434 e. The molecule has 1 amide bonds. The monoisotopic (exact) mass is 445 g/mol. The van der Waals surface area contributed by atoms with Crippen LogP contribution in [0.5, 0.6) is 5.88 Å². The minimum Gasteiger partial charge on any atom is -0.474 e. The van der Waals surface area contributed by atoms with Gasteiger partial charge in [0.05, 0.1) is 29.7 Å². The summed E-state index contributed by atoms with van der Waals surface area (Å²) < 4.78 is 43.3. The Morgan fingerprint density at radius 3 is 2.41 bits per heavy atom. The van der Waals surface area contributed by atoms with Crippen molar-refractivity contribution in [2.75, 3.05) is 13.2 Å². The zero-order valence-corrected chi connectivity index (χ0v) is 17.8. The summed E-state index contributed by atoms with van der Waals surface area (Å²) >= 11 is 0. The molecule has 168 valence electrons. The number of halogens is 3. The summed E-state index contributed by atoms with van der Waals surface area (Å²) in [4.78, 5) is 30.5. The standard InChI is InChI=1S/C22H22F3N5O2/c1-4-30(14(2)13-32-19-12-27-18(11-28-19)22(23,24)25)21(31)17-10-26-15(3)29-20(17)16-8-6-5-7-9-16/h5-12,14H,4,13H2,1-3H3. The first-order valence-electron chi connectivity index (χ1n) is 9.92. The Morgan fingerprint density at radius 1 is 1.09 bits per heavy atom. The first-order valence-corrected chi connectivity index (χ1v) is 9.92. The van der Waals surface area contributed by atoms with E-state index in [9.17, 15) is 18.0 Å². The van der Waals surface area contributed by atoms with Gasteiger partial charge in [-0.1, -0.05) is 30.3 Å². The fraction of sp³-hybridized carbons (Fsp3) is 0.318. The van der Waals surface area contributed by atoms with Crippen LogP contribution in [0.15, 0.2) is 48.9 Å². The molecule has 0 fully saturated rings. The van der Waals surface area contributed by atoms with Crippen molar-refractivity contribution in [3.63, 3.8) is 0 Å². The van der Waals surface area contributed by atoms with E-state index in [0.717, 1.165) is 11.8 Å². The number of rotatable bonds is 7. The fourth-order valence-electron chi connectivity index (χ4n) is 3.09. The lowest BCUT2D eigenvalue weighted by Crippen LogP contribution is -2.42. The average Bonchev–Trinajstić information content (AvgIpc) is 2.78. The van der Waals surface area contributed by atoms with E-state index in [1.165, 1.54) is 6.20 Å². The SMILES string of the molecule is CCN(C(=O)c1cnc(C)nc1-c1ccccc1)C(C)COc1cnc(C(F)(F)F)cn1. The first kappa shape index (κ1) is 23.1. The normalized spacial score (nSPS) is 12.3. The zero-order chi connectivity index (χ0) is 23.3. The molecule has 0 bridgehead atoms. The molecule has 1 atom stereocenters. The van der Waals surface area contributed by atoms with Crippen LogP contribution in [0.1, 0.15) is 35.7 Å². The number of benzene rings is 1. The van der Waals surface area contributed by atoms with Gasteiger partial charge in [0.15, 0.2) is 5.69 Å². The predicted molar refractivity (Wildman–Crippen MR) is 111 cm³/mol. The number of aromatic nitrogens is 4. The van der Waals surface area contributed by atoms with Gasteiger partial charge in [-0.2, -0.15) is 13.2 Å². The molecule has 7 nitrogen and oxygen atoms in total. The van der Waals surface area contributed by atoms with E-state index in [-0.39, 0.29) is 18.4 Å². The van der Waals surface area contributed by atoms with E-state index in [1.54, 1.807) is 18.7 Å². The van der Waals surface area contributed by atoms with Crippen molar-refractivity contribution in [2.24, 2.45) is 0 Å². The zero-order valence-electron chi connectivity index (χ0n) is 17.8. The molecular formula is C22H22F3N5O2. The molecule has 1 unspecified atom stereocenters. The lowest BCUT2D eigenvalue weighted by atomic mass is 10.1. The van der Waals surface area contributed by atoms with Gasteiger partial charge in [-0.3, -0.25) is 4.79 Å². The van der Waals surface area contributed by atoms with Crippen LogP contribution < -0.4 is 4.74 Å². The third-order valence-corrected chi connectivity index (χ3v) is 4.71. The van der Waals surface area contributed by atoms with Crippen LogP contribution >= 0.6 is 0 Å². The lowest BCUT2D eigenvalue weighted by molar-refractivity contribution is -0.141.